The molecule has 2 aliphatic rings. The van der Waals surface area contributed by atoms with Gasteiger partial charge in [0.1, 0.15) is 0 Å². The third kappa shape index (κ3) is 2.73. The summed E-state index contributed by atoms with van der Waals surface area (Å²) < 4.78 is 16.9. The summed E-state index contributed by atoms with van der Waals surface area (Å²) in [6.45, 7) is 4.60. The minimum absolute atomic E-state index is 0.0864. The van der Waals surface area contributed by atoms with E-state index in [0.29, 0.717) is 49.6 Å². The smallest absolute Gasteiger partial charge is 0.409 e. The maximum atomic E-state index is 11.8. The third-order valence-electron chi connectivity index (χ3n) is 4.30. The number of aromatic carboxylic acids is 1. The first-order valence-electron chi connectivity index (χ1n) is 7.73. The number of carboxylic acid groups (broad SMARTS) is 1. The summed E-state index contributed by atoms with van der Waals surface area (Å²) in [6.07, 6.45) is 0.530. The van der Waals surface area contributed by atoms with E-state index in [2.05, 4.69) is 0 Å². The largest absolute Gasteiger partial charge is 0.478 e. The summed E-state index contributed by atoms with van der Waals surface area (Å²) in [4.78, 5) is 24.7. The quantitative estimate of drug-likeness (QED) is 0.877. The van der Waals surface area contributed by atoms with Crippen LogP contribution in [0.15, 0.2) is 6.07 Å². The van der Waals surface area contributed by atoms with Crippen LogP contribution in [0.3, 0.4) is 0 Å². The standard InChI is InChI=1S/C16H18ClNO6/c1-3-22-15(21)18-6-4-16(5-7-18)23-12-9(2)10(14(19)20)8-11(17)13(12)24-16/h8H,3-7H2,1-2H3,(H,19,20). The number of rotatable bonds is 2. The Balaban J connectivity index is 1.80. The van der Waals surface area contributed by atoms with E-state index >= 15 is 0 Å². The molecule has 1 aromatic rings. The summed E-state index contributed by atoms with van der Waals surface area (Å²) in [5.74, 6) is -1.26. The van der Waals surface area contributed by atoms with Gasteiger partial charge in [-0.3, -0.25) is 0 Å². The Morgan fingerprint density at radius 2 is 1.96 bits per heavy atom. The molecule has 1 saturated heterocycles. The van der Waals surface area contributed by atoms with Crippen LogP contribution in [0.4, 0.5) is 4.79 Å². The Kier molecular flexibility index (Phi) is 4.21. The van der Waals surface area contributed by atoms with Crippen LogP contribution in [-0.4, -0.2) is 47.6 Å². The number of amides is 1. The summed E-state index contributed by atoms with van der Waals surface area (Å²) in [7, 11) is 0. The highest BCUT2D eigenvalue weighted by Gasteiger charge is 2.47. The van der Waals surface area contributed by atoms with Crippen LogP contribution < -0.4 is 9.47 Å². The molecule has 0 aromatic heterocycles. The van der Waals surface area contributed by atoms with Crippen molar-refractivity contribution in [3.63, 3.8) is 0 Å². The molecular formula is C16H18ClNO6. The highest BCUT2D eigenvalue weighted by atomic mass is 35.5. The first-order chi connectivity index (χ1) is 11.4. The van der Waals surface area contributed by atoms with Crippen molar-refractivity contribution in [1.29, 1.82) is 0 Å². The van der Waals surface area contributed by atoms with Gasteiger partial charge in [-0.2, -0.15) is 0 Å². The van der Waals surface area contributed by atoms with Crippen molar-refractivity contribution < 1.29 is 28.9 Å². The van der Waals surface area contributed by atoms with Crippen molar-refractivity contribution in [2.75, 3.05) is 19.7 Å². The Morgan fingerprint density at radius 3 is 2.54 bits per heavy atom. The molecule has 1 N–H and O–H groups in total. The fraction of sp³-hybridized carbons (Fsp3) is 0.500. The molecule has 2 aliphatic heterocycles. The van der Waals surface area contributed by atoms with Gasteiger partial charge in [-0.25, -0.2) is 9.59 Å². The van der Waals surface area contributed by atoms with Gasteiger partial charge in [-0.05, 0) is 19.9 Å². The molecule has 8 heteroatoms. The van der Waals surface area contributed by atoms with Gasteiger partial charge in [-0.15, -0.1) is 0 Å². The fourth-order valence-corrected chi connectivity index (χ4v) is 3.22. The second kappa shape index (κ2) is 6.05. The normalized spacial score (nSPS) is 17.9. The van der Waals surface area contributed by atoms with Crippen LogP contribution in [0.2, 0.25) is 5.02 Å². The highest BCUT2D eigenvalue weighted by molar-refractivity contribution is 6.32. The summed E-state index contributed by atoms with van der Waals surface area (Å²) in [5.41, 5.74) is 0.565. The van der Waals surface area contributed by atoms with Crippen molar-refractivity contribution in [1.82, 2.24) is 4.90 Å². The molecule has 0 unspecified atom stereocenters. The lowest BCUT2D eigenvalue weighted by atomic mass is 10.0. The molecular weight excluding hydrogens is 338 g/mol. The van der Waals surface area contributed by atoms with Crippen molar-refractivity contribution in [3.05, 3.63) is 22.2 Å². The number of halogens is 1. The lowest BCUT2D eigenvalue weighted by Crippen LogP contribution is -2.51. The van der Waals surface area contributed by atoms with Crippen molar-refractivity contribution in [2.45, 2.75) is 32.5 Å². The van der Waals surface area contributed by atoms with Gasteiger partial charge >= 0.3 is 12.1 Å². The maximum Gasteiger partial charge on any atom is 0.409 e. The zero-order valence-electron chi connectivity index (χ0n) is 13.4. The number of hydrogen-bond acceptors (Lipinski definition) is 5. The number of carboxylic acids is 1. The van der Waals surface area contributed by atoms with E-state index in [1.54, 1.807) is 18.7 Å². The van der Waals surface area contributed by atoms with Crippen LogP contribution >= 0.6 is 11.6 Å². The first-order valence-corrected chi connectivity index (χ1v) is 8.11. The van der Waals surface area contributed by atoms with Crippen LogP contribution in [0.5, 0.6) is 11.5 Å². The lowest BCUT2D eigenvalue weighted by Gasteiger charge is -2.36. The molecule has 24 heavy (non-hydrogen) atoms. The van der Waals surface area contributed by atoms with E-state index in [1.165, 1.54) is 6.07 Å². The molecule has 0 radical (unpaired) electrons. The number of benzene rings is 1. The predicted molar refractivity (Wildman–Crippen MR) is 85.0 cm³/mol. The Bertz CT molecular complexity index is 696. The number of nitrogens with zero attached hydrogens (tertiary/aromatic N) is 1. The third-order valence-corrected chi connectivity index (χ3v) is 4.58. The predicted octanol–water partition coefficient (Wildman–Crippen LogP) is 3.07. The van der Waals surface area contributed by atoms with Gasteiger partial charge in [0.25, 0.3) is 5.79 Å². The molecule has 7 nitrogen and oxygen atoms in total. The van der Waals surface area contributed by atoms with Crippen LogP contribution in [0.25, 0.3) is 0 Å². The Hall–Kier alpha value is -2.15. The molecule has 1 spiro atoms. The molecule has 0 aliphatic carbocycles. The lowest BCUT2D eigenvalue weighted by molar-refractivity contribution is -0.115. The van der Waals surface area contributed by atoms with Crippen LogP contribution in [0.1, 0.15) is 35.7 Å². The average Bonchev–Trinajstić information content (AvgIpc) is 2.91. The average molecular weight is 356 g/mol. The van der Waals surface area contributed by atoms with Crippen molar-refractivity contribution in [3.8, 4) is 11.5 Å². The second-order valence-corrected chi connectivity index (χ2v) is 6.20. The maximum absolute atomic E-state index is 11.8. The van der Waals surface area contributed by atoms with Gasteiger partial charge in [-0.1, -0.05) is 11.6 Å². The number of hydrogen-bond donors (Lipinski definition) is 1. The van der Waals surface area contributed by atoms with Gasteiger partial charge in [0, 0.05) is 31.5 Å². The SMILES string of the molecule is CCOC(=O)N1CCC2(CC1)Oc1c(Cl)cc(C(=O)O)c(C)c1O2. The van der Waals surface area contributed by atoms with E-state index in [9.17, 15) is 14.7 Å². The molecule has 0 bridgehead atoms. The Morgan fingerprint density at radius 1 is 1.33 bits per heavy atom. The van der Waals surface area contributed by atoms with Gasteiger partial charge < -0.3 is 24.2 Å². The number of fused-ring (bicyclic) bond motifs is 1. The molecule has 0 saturated carbocycles. The number of carbonyl (C=O) groups is 2. The van der Waals surface area contributed by atoms with E-state index in [0.717, 1.165) is 0 Å². The van der Waals surface area contributed by atoms with Crippen LogP contribution in [-0.2, 0) is 4.74 Å². The van der Waals surface area contributed by atoms with Crippen molar-refractivity contribution >= 4 is 23.7 Å². The van der Waals surface area contributed by atoms with Crippen molar-refractivity contribution in [2.24, 2.45) is 0 Å². The number of piperidine rings is 1. The first kappa shape index (κ1) is 16.7. The minimum atomic E-state index is -1.07. The molecule has 1 aromatic carbocycles. The van der Waals surface area contributed by atoms with Gasteiger partial charge in [0.05, 0.1) is 17.2 Å². The molecule has 1 amide bonds. The molecule has 2 heterocycles. The molecule has 130 valence electrons. The van der Waals surface area contributed by atoms with E-state index in [-0.39, 0.29) is 16.7 Å². The zero-order valence-corrected chi connectivity index (χ0v) is 14.2. The fourth-order valence-electron chi connectivity index (χ4n) is 2.98. The summed E-state index contributed by atoms with van der Waals surface area (Å²) >= 11 is 6.16. The number of ether oxygens (including phenoxy) is 3. The highest BCUT2D eigenvalue weighted by Crippen LogP contribution is 2.50. The number of likely N-dealkylation sites (tertiary alicyclic amines) is 1. The Labute approximate surface area is 144 Å². The monoisotopic (exact) mass is 355 g/mol. The topological polar surface area (TPSA) is 85.3 Å². The zero-order chi connectivity index (χ0) is 17.5. The van der Waals surface area contributed by atoms with E-state index in [4.69, 9.17) is 25.8 Å². The summed E-state index contributed by atoms with van der Waals surface area (Å²) in [5, 5.41) is 9.46. The van der Waals surface area contributed by atoms with Gasteiger partial charge in [0.15, 0.2) is 11.5 Å². The second-order valence-electron chi connectivity index (χ2n) is 5.80. The molecule has 0 atom stereocenters. The minimum Gasteiger partial charge on any atom is -0.478 e. The number of carbonyl (C=O) groups excluding carboxylic acids is 1. The van der Waals surface area contributed by atoms with E-state index < -0.39 is 11.8 Å². The van der Waals surface area contributed by atoms with Gasteiger partial charge in [0.2, 0.25) is 0 Å². The molecule has 1 fully saturated rings. The van der Waals surface area contributed by atoms with E-state index in [1.807, 2.05) is 0 Å². The molecule has 3 rings (SSSR count). The summed E-state index contributed by atoms with van der Waals surface area (Å²) in [6, 6.07) is 1.37. The van der Waals surface area contributed by atoms with Crippen LogP contribution in [0, 0.1) is 6.92 Å².